The number of nitrogens with two attached hydrogens (primary N) is 1. The van der Waals surface area contributed by atoms with Crippen LogP contribution in [-0.2, 0) is 4.79 Å². The molecule has 1 amide bonds. The second-order valence-electron chi connectivity index (χ2n) is 3.24. The summed E-state index contributed by atoms with van der Waals surface area (Å²) in [6.45, 7) is 1.76. The molecule has 15 heavy (non-hydrogen) atoms. The number of fused-ring (bicyclic) bond motifs is 1. The van der Waals surface area contributed by atoms with E-state index in [1.54, 1.807) is 6.07 Å². The molecule has 2 aromatic heterocycles. The first-order chi connectivity index (χ1) is 7.16. The van der Waals surface area contributed by atoms with Gasteiger partial charge in [0.2, 0.25) is 0 Å². The van der Waals surface area contributed by atoms with Gasteiger partial charge in [0.05, 0.1) is 5.69 Å². The lowest BCUT2D eigenvalue weighted by atomic mass is 10.4. The van der Waals surface area contributed by atoms with Crippen LogP contribution in [0.25, 0.3) is 5.65 Å². The van der Waals surface area contributed by atoms with Gasteiger partial charge in [0.15, 0.2) is 18.0 Å². The van der Waals surface area contributed by atoms with Gasteiger partial charge in [0.25, 0.3) is 5.91 Å². The highest BCUT2D eigenvalue weighted by atomic mass is 16.5. The number of rotatable bonds is 3. The van der Waals surface area contributed by atoms with Crippen LogP contribution in [-0.4, -0.2) is 21.9 Å². The van der Waals surface area contributed by atoms with Crippen LogP contribution in [0.15, 0.2) is 24.5 Å². The summed E-state index contributed by atoms with van der Waals surface area (Å²) < 4.78 is 7.08. The van der Waals surface area contributed by atoms with Crippen molar-refractivity contribution in [2.24, 2.45) is 5.73 Å². The van der Waals surface area contributed by atoms with E-state index in [9.17, 15) is 4.79 Å². The van der Waals surface area contributed by atoms with Gasteiger partial charge in [-0.15, -0.1) is 0 Å². The predicted molar refractivity (Wildman–Crippen MR) is 54.6 cm³/mol. The first-order valence-corrected chi connectivity index (χ1v) is 4.52. The number of primary amides is 1. The Morgan fingerprint density at radius 1 is 1.67 bits per heavy atom. The summed E-state index contributed by atoms with van der Waals surface area (Å²) in [6, 6.07) is 3.58. The largest absolute Gasteiger partial charge is 0.480 e. The van der Waals surface area contributed by atoms with Crippen molar-refractivity contribution in [1.82, 2.24) is 9.38 Å². The van der Waals surface area contributed by atoms with Crippen molar-refractivity contribution in [1.29, 1.82) is 0 Å². The minimum Gasteiger partial charge on any atom is -0.480 e. The Kier molecular flexibility index (Phi) is 2.29. The third kappa shape index (κ3) is 1.90. The van der Waals surface area contributed by atoms with E-state index >= 15 is 0 Å². The van der Waals surface area contributed by atoms with Crippen molar-refractivity contribution >= 4 is 11.6 Å². The SMILES string of the molecule is Cc1cn2cccc(OCC(N)=O)c2n1. The molecule has 78 valence electrons. The molecule has 0 unspecified atom stereocenters. The molecule has 0 bridgehead atoms. The van der Waals surface area contributed by atoms with Crippen molar-refractivity contribution in [3.63, 3.8) is 0 Å². The molecule has 0 saturated carbocycles. The lowest BCUT2D eigenvalue weighted by Gasteiger charge is -2.04. The van der Waals surface area contributed by atoms with Crippen molar-refractivity contribution in [2.75, 3.05) is 6.61 Å². The molecule has 0 aliphatic carbocycles. The summed E-state index contributed by atoms with van der Waals surface area (Å²) in [6.07, 6.45) is 3.75. The van der Waals surface area contributed by atoms with Gasteiger partial charge in [0.1, 0.15) is 0 Å². The van der Waals surface area contributed by atoms with E-state index in [-0.39, 0.29) is 6.61 Å². The van der Waals surface area contributed by atoms with Gasteiger partial charge in [-0.1, -0.05) is 0 Å². The first kappa shape index (κ1) is 9.51. The highest BCUT2D eigenvalue weighted by Crippen LogP contribution is 2.18. The Hall–Kier alpha value is -2.04. The van der Waals surface area contributed by atoms with Crippen molar-refractivity contribution in [3.8, 4) is 5.75 Å². The first-order valence-electron chi connectivity index (χ1n) is 4.52. The zero-order chi connectivity index (χ0) is 10.8. The average Bonchev–Trinajstić information content (AvgIpc) is 2.55. The molecule has 2 N–H and O–H groups in total. The third-order valence-electron chi connectivity index (χ3n) is 1.94. The molecule has 2 heterocycles. The van der Waals surface area contributed by atoms with Crippen molar-refractivity contribution in [2.45, 2.75) is 6.92 Å². The highest BCUT2D eigenvalue weighted by Gasteiger charge is 2.05. The maximum Gasteiger partial charge on any atom is 0.255 e. The van der Waals surface area contributed by atoms with Crippen LogP contribution in [0.2, 0.25) is 0 Å². The molecule has 5 heteroatoms. The number of ether oxygens (including phenoxy) is 1. The van der Waals surface area contributed by atoms with E-state index in [1.165, 1.54) is 0 Å². The van der Waals surface area contributed by atoms with Crippen molar-refractivity contribution < 1.29 is 9.53 Å². The van der Waals surface area contributed by atoms with Crippen LogP contribution >= 0.6 is 0 Å². The Bertz CT molecular complexity index is 504. The average molecular weight is 205 g/mol. The van der Waals surface area contributed by atoms with Crippen LogP contribution < -0.4 is 10.5 Å². The molecule has 0 atom stereocenters. The standard InChI is InChI=1S/C10H11N3O2/c1-7-5-13-4-2-3-8(10(13)12-7)15-6-9(11)14/h2-5H,6H2,1H3,(H2,11,14). The van der Waals surface area contributed by atoms with Gasteiger partial charge in [-0.25, -0.2) is 4.98 Å². The van der Waals surface area contributed by atoms with Gasteiger partial charge in [-0.3, -0.25) is 4.79 Å². The van der Waals surface area contributed by atoms with Gasteiger partial charge in [-0.2, -0.15) is 0 Å². The number of aryl methyl sites for hydroxylation is 1. The molecule has 0 saturated heterocycles. The summed E-state index contributed by atoms with van der Waals surface area (Å²) in [4.78, 5) is 14.9. The van der Waals surface area contributed by atoms with Gasteiger partial charge < -0.3 is 14.9 Å². The molecule has 0 spiro atoms. The summed E-state index contributed by atoms with van der Waals surface area (Å²) in [5.41, 5.74) is 6.58. The van der Waals surface area contributed by atoms with E-state index in [0.717, 1.165) is 5.69 Å². The quantitative estimate of drug-likeness (QED) is 0.793. The number of imidazole rings is 1. The molecule has 2 rings (SSSR count). The molecule has 0 aliphatic heterocycles. The maximum atomic E-state index is 10.6. The molecular formula is C10H11N3O2. The minimum atomic E-state index is -0.500. The number of hydrogen-bond donors (Lipinski definition) is 1. The third-order valence-corrected chi connectivity index (χ3v) is 1.94. The van der Waals surface area contributed by atoms with E-state index in [4.69, 9.17) is 10.5 Å². The van der Waals surface area contributed by atoms with Crippen LogP contribution in [0.1, 0.15) is 5.69 Å². The number of amides is 1. The normalized spacial score (nSPS) is 10.5. The number of nitrogens with zero attached hydrogens (tertiary/aromatic N) is 2. The number of pyridine rings is 1. The van der Waals surface area contributed by atoms with Gasteiger partial charge in [-0.05, 0) is 19.1 Å². The zero-order valence-corrected chi connectivity index (χ0v) is 8.30. The molecule has 5 nitrogen and oxygen atoms in total. The van der Waals surface area contributed by atoms with Crippen LogP contribution in [0.3, 0.4) is 0 Å². The molecule has 0 aromatic carbocycles. The predicted octanol–water partition coefficient (Wildman–Crippen LogP) is 0.507. The smallest absolute Gasteiger partial charge is 0.255 e. The lowest BCUT2D eigenvalue weighted by molar-refractivity contribution is -0.119. The lowest BCUT2D eigenvalue weighted by Crippen LogP contribution is -2.20. The minimum absolute atomic E-state index is 0.133. The molecule has 0 aliphatic rings. The molecule has 2 aromatic rings. The molecule has 0 radical (unpaired) electrons. The van der Waals surface area contributed by atoms with E-state index in [1.807, 2.05) is 29.8 Å². The summed E-state index contributed by atoms with van der Waals surface area (Å²) >= 11 is 0. The summed E-state index contributed by atoms with van der Waals surface area (Å²) in [5.74, 6) is 0.0599. The monoisotopic (exact) mass is 205 g/mol. The fourth-order valence-electron chi connectivity index (χ4n) is 1.37. The topological polar surface area (TPSA) is 69.6 Å². The Labute approximate surface area is 86.5 Å². The number of hydrogen-bond acceptors (Lipinski definition) is 3. The Morgan fingerprint density at radius 3 is 3.20 bits per heavy atom. The second-order valence-corrected chi connectivity index (χ2v) is 3.24. The zero-order valence-electron chi connectivity index (χ0n) is 8.30. The summed E-state index contributed by atoms with van der Waals surface area (Å²) in [5, 5.41) is 0. The number of carbonyl (C=O) groups is 1. The van der Waals surface area contributed by atoms with E-state index in [0.29, 0.717) is 11.4 Å². The van der Waals surface area contributed by atoms with Gasteiger partial charge >= 0.3 is 0 Å². The summed E-state index contributed by atoms with van der Waals surface area (Å²) in [7, 11) is 0. The maximum absolute atomic E-state index is 10.6. The Balaban J connectivity index is 2.37. The van der Waals surface area contributed by atoms with Crippen molar-refractivity contribution in [3.05, 3.63) is 30.2 Å². The Morgan fingerprint density at radius 2 is 2.47 bits per heavy atom. The number of aromatic nitrogens is 2. The van der Waals surface area contributed by atoms with Crippen LogP contribution in [0.5, 0.6) is 5.75 Å². The van der Waals surface area contributed by atoms with Crippen LogP contribution in [0.4, 0.5) is 0 Å². The van der Waals surface area contributed by atoms with Gasteiger partial charge in [0, 0.05) is 12.4 Å². The molecular weight excluding hydrogens is 194 g/mol. The fourth-order valence-corrected chi connectivity index (χ4v) is 1.37. The van der Waals surface area contributed by atoms with E-state index < -0.39 is 5.91 Å². The highest BCUT2D eigenvalue weighted by molar-refractivity contribution is 5.75. The second kappa shape index (κ2) is 3.61. The number of carbonyl (C=O) groups excluding carboxylic acids is 1. The fraction of sp³-hybridized carbons (Fsp3) is 0.200. The van der Waals surface area contributed by atoms with Crippen LogP contribution in [0, 0.1) is 6.92 Å². The van der Waals surface area contributed by atoms with E-state index in [2.05, 4.69) is 4.98 Å². The molecule has 0 fully saturated rings.